The fourth-order valence-corrected chi connectivity index (χ4v) is 5.11. The van der Waals surface area contributed by atoms with Crippen LogP contribution in [-0.4, -0.2) is 31.9 Å². The van der Waals surface area contributed by atoms with Crippen molar-refractivity contribution in [2.75, 3.05) is 5.32 Å². The number of benzene rings is 4. The van der Waals surface area contributed by atoms with Gasteiger partial charge < -0.3 is 14.8 Å². The standard InChI is InChI=1S/C24H18F7NO2.C7H8O3S/c25-22(26)23(27,28)33-16-6-2-5-15(13-16)20-11-10-19-18(8-3-9-21(19)32-20)14-4-1-7-17(12-14)34-24(29,30)31;1-6-2-4-7(5-3-6)11(8,9)10/h1-9,12-13,20,22,32H,10-11H2;2-5H,1H3,(H,8,9,10). The van der Waals surface area contributed by atoms with Crippen molar-refractivity contribution in [3.8, 4) is 22.6 Å². The normalized spacial score (nSPS) is 14.9. The average Bonchev–Trinajstić information content (AvgIpc) is 2.96. The Kier molecular flexibility index (Phi) is 9.98. The van der Waals surface area contributed by atoms with Gasteiger partial charge in [-0.2, -0.15) is 26.0 Å². The summed E-state index contributed by atoms with van der Waals surface area (Å²) in [4.78, 5) is -0.0666. The first-order valence-electron chi connectivity index (χ1n) is 13.3. The third-order valence-electron chi connectivity index (χ3n) is 6.65. The molecule has 4 aromatic rings. The van der Waals surface area contributed by atoms with E-state index in [2.05, 4.69) is 14.8 Å². The Morgan fingerprint density at radius 1 is 0.844 bits per heavy atom. The highest BCUT2D eigenvalue weighted by Gasteiger charge is 2.44. The zero-order valence-corrected chi connectivity index (χ0v) is 24.2. The first kappa shape index (κ1) is 33.6. The molecule has 0 saturated heterocycles. The molecule has 1 atom stereocenters. The van der Waals surface area contributed by atoms with E-state index in [1.165, 1.54) is 48.5 Å². The van der Waals surface area contributed by atoms with Crippen LogP contribution < -0.4 is 14.8 Å². The highest BCUT2D eigenvalue weighted by molar-refractivity contribution is 7.85. The topological polar surface area (TPSA) is 84.9 Å². The third-order valence-corrected chi connectivity index (χ3v) is 7.52. The van der Waals surface area contributed by atoms with E-state index < -0.39 is 29.0 Å². The van der Waals surface area contributed by atoms with Crippen LogP contribution in [0.3, 0.4) is 0 Å². The molecule has 2 N–H and O–H groups in total. The van der Waals surface area contributed by atoms with Gasteiger partial charge in [-0.25, -0.2) is 0 Å². The summed E-state index contributed by atoms with van der Waals surface area (Å²) in [5, 5.41) is 3.29. The number of alkyl halides is 7. The van der Waals surface area contributed by atoms with Crippen molar-refractivity contribution in [1.82, 2.24) is 0 Å². The maximum Gasteiger partial charge on any atom is 0.573 e. The number of fused-ring (bicyclic) bond motifs is 1. The Hall–Kier alpha value is -4.30. The van der Waals surface area contributed by atoms with Crippen LogP contribution in [0.15, 0.2) is 95.9 Å². The van der Waals surface area contributed by atoms with Crippen molar-refractivity contribution in [2.45, 2.75) is 49.6 Å². The number of aryl methyl sites for hydroxylation is 1. The molecule has 0 aromatic heterocycles. The van der Waals surface area contributed by atoms with Gasteiger partial charge in [0.1, 0.15) is 11.5 Å². The van der Waals surface area contributed by atoms with Crippen molar-refractivity contribution in [1.29, 1.82) is 0 Å². The van der Waals surface area contributed by atoms with Gasteiger partial charge in [0, 0.05) is 5.69 Å². The van der Waals surface area contributed by atoms with Crippen LogP contribution in [0, 0.1) is 6.92 Å². The van der Waals surface area contributed by atoms with Gasteiger partial charge in [0.25, 0.3) is 10.1 Å². The molecule has 45 heavy (non-hydrogen) atoms. The van der Waals surface area contributed by atoms with Crippen LogP contribution in [0.2, 0.25) is 0 Å². The van der Waals surface area contributed by atoms with Gasteiger partial charge in [-0.15, -0.1) is 13.2 Å². The molecule has 0 fully saturated rings. The summed E-state index contributed by atoms with van der Waals surface area (Å²) in [5.74, 6) is -0.715. The van der Waals surface area contributed by atoms with Gasteiger partial charge in [0.05, 0.1) is 10.9 Å². The molecule has 0 radical (unpaired) electrons. The van der Waals surface area contributed by atoms with Crippen molar-refractivity contribution in [3.63, 3.8) is 0 Å². The van der Waals surface area contributed by atoms with Crippen molar-refractivity contribution < 1.29 is 53.2 Å². The predicted octanol–water partition coefficient (Wildman–Crippen LogP) is 8.83. The number of ether oxygens (including phenoxy) is 2. The van der Waals surface area contributed by atoms with Crippen LogP contribution in [0.1, 0.15) is 29.2 Å². The smallest absolute Gasteiger partial charge is 0.428 e. The van der Waals surface area contributed by atoms with Crippen LogP contribution in [0.4, 0.5) is 36.4 Å². The molecule has 0 bridgehead atoms. The molecule has 240 valence electrons. The van der Waals surface area contributed by atoms with E-state index in [4.69, 9.17) is 4.55 Å². The number of rotatable bonds is 7. The van der Waals surface area contributed by atoms with Crippen molar-refractivity contribution >= 4 is 15.8 Å². The number of halogens is 7. The van der Waals surface area contributed by atoms with Crippen molar-refractivity contribution in [2.24, 2.45) is 0 Å². The van der Waals surface area contributed by atoms with Crippen LogP contribution in [0.25, 0.3) is 11.1 Å². The zero-order valence-electron chi connectivity index (χ0n) is 23.4. The molecule has 1 aliphatic heterocycles. The van der Waals surface area contributed by atoms with E-state index in [0.29, 0.717) is 24.0 Å². The van der Waals surface area contributed by atoms with E-state index in [1.54, 1.807) is 42.5 Å². The third kappa shape index (κ3) is 9.11. The Bertz CT molecular complexity index is 1730. The molecular weight excluding hydrogens is 631 g/mol. The first-order chi connectivity index (χ1) is 21.0. The SMILES string of the molecule is Cc1ccc(S(=O)(=O)O)cc1.FC(F)C(F)(F)Oc1cccc(C2CCc3c(cccc3-c3cccc(OC(F)(F)F)c3)N2)c1. The van der Waals surface area contributed by atoms with Crippen LogP contribution in [0.5, 0.6) is 11.5 Å². The van der Waals surface area contributed by atoms with E-state index in [0.717, 1.165) is 22.4 Å². The second-order valence-corrected chi connectivity index (χ2v) is 11.4. The Labute approximate surface area is 254 Å². The summed E-state index contributed by atoms with van der Waals surface area (Å²) in [6.07, 6.45) is -12.3. The van der Waals surface area contributed by atoms with Crippen LogP contribution >= 0.6 is 0 Å². The highest BCUT2D eigenvalue weighted by Crippen LogP contribution is 2.40. The Balaban J connectivity index is 0.000000354. The molecule has 0 saturated carbocycles. The second-order valence-electron chi connectivity index (χ2n) is 9.97. The molecule has 0 spiro atoms. The van der Waals surface area contributed by atoms with E-state index in [9.17, 15) is 39.2 Å². The lowest BCUT2D eigenvalue weighted by molar-refractivity contribution is -0.274. The first-order valence-corrected chi connectivity index (χ1v) is 14.7. The molecule has 5 rings (SSSR count). The monoisotopic (exact) mass is 657 g/mol. The summed E-state index contributed by atoms with van der Waals surface area (Å²) in [6.45, 7) is 1.84. The highest BCUT2D eigenvalue weighted by atomic mass is 32.2. The molecule has 0 amide bonds. The lowest BCUT2D eigenvalue weighted by Crippen LogP contribution is -2.33. The van der Waals surface area contributed by atoms with Gasteiger partial charge in [-0.1, -0.05) is 54.1 Å². The summed E-state index contributed by atoms with van der Waals surface area (Å²) in [7, 11) is -4.02. The molecule has 1 heterocycles. The quantitative estimate of drug-likeness (QED) is 0.153. The van der Waals surface area contributed by atoms with Gasteiger partial charge in [0.2, 0.25) is 0 Å². The minimum atomic E-state index is -4.80. The molecule has 4 aromatic carbocycles. The summed E-state index contributed by atoms with van der Waals surface area (Å²) < 4.78 is 127. The van der Waals surface area contributed by atoms with E-state index in [-0.39, 0.29) is 22.4 Å². The fourth-order valence-electron chi connectivity index (χ4n) is 4.63. The van der Waals surface area contributed by atoms with Gasteiger partial charge in [-0.05, 0) is 84.5 Å². The molecule has 1 aliphatic rings. The average molecular weight is 658 g/mol. The number of nitrogens with one attached hydrogen (secondary N) is 1. The summed E-state index contributed by atoms with van der Waals surface area (Å²) in [5.41, 5.74) is 4.39. The van der Waals surface area contributed by atoms with Gasteiger partial charge in [0.15, 0.2) is 0 Å². The molecule has 14 heteroatoms. The fraction of sp³-hybridized carbons (Fsp3) is 0.226. The Morgan fingerprint density at radius 2 is 1.47 bits per heavy atom. The number of hydrogen-bond acceptors (Lipinski definition) is 5. The summed E-state index contributed by atoms with van der Waals surface area (Å²) in [6, 6.07) is 22.2. The number of anilines is 1. The lowest BCUT2D eigenvalue weighted by atomic mass is 9.88. The van der Waals surface area contributed by atoms with Gasteiger partial charge in [-0.3, -0.25) is 4.55 Å². The van der Waals surface area contributed by atoms with E-state index in [1.807, 2.05) is 6.92 Å². The minimum Gasteiger partial charge on any atom is -0.428 e. The maximum atomic E-state index is 13.3. The van der Waals surface area contributed by atoms with Crippen LogP contribution in [-0.2, 0) is 16.5 Å². The largest absolute Gasteiger partial charge is 0.573 e. The molecular formula is C31H26F7NO5S. The van der Waals surface area contributed by atoms with Crippen molar-refractivity contribution in [3.05, 3.63) is 108 Å². The zero-order chi connectivity index (χ0) is 33.0. The minimum absolute atomic E-state index is 0.0666. The lowest BCUT2D eigenvalue weighted by Gasteiger charge is -2.29. The maximum absolute atomic E-state index is 13.3. The molecule has 1 unspecified atom stereocenters. The molecule has 0 aliphatic carbocycles. The predicted molar refractivity (Wildman–Crippen MR) is 152 cm³/mol. The van der Waals surface area contributed by atoms with Gasteiger partial charge >= 0.3 is 18.9 Å². The molecule has 6 nitrogen and oxygen atoms in total. The van der Waals surface area contributed by atoms with E-state index >= 15 is 0 Å². The summed E-state index contributed by atoms with van der Waals surface area (Å²) >= 11 is 0. The number of hydrogen-bond donors (Lipinski definition) is 2. The second kappa shape index (κ2) is 13.4. The Morgan fingerprint density at radius 3 is 2.09 bits per heavy atom.